The molecule has 2 rings (SSSR count). The number of nitrogens with zero attached hydrogens (tertiary/aromatic N) is 1. The van der Waals surface area contributed by atoms with Crippen LogP contribution in [-0.2, 0) is 0 Å². The van der Waals surface area contributed by atoms with E-state index in [0.29, 0.717) is 16.6 Å². The molecule has 1 aromatic carbocycles. The van der Waals surface area contributed by atoms with Crippen LogP contribution in [0.15, 0.2) is 24.3 Å². The van der Waals surface area contributed by atoms with Gasteiger partial charge in [0.15, 0.2) is 0 Å². The standard InChI is InChI=1S/C15H21ClN2O/c1-18(2)14-6-4-3-5-13(14)17-15(19)11-7-9-12(16)10-8-11/h7-10,13-14H,3-6H2,1-2H3,(H,17,19)/t13-,14+/m0/s1. The van der Waals surface area contributed by atoms with Gasteiger partial charge in [0, 0.05) is 22.7 Å². The van der Waals surface area contributed by atoms with E-state index in [2.05, 4.69) is 24.3 Å². The summed E-state index contributed by atoms with van der Waals surface area (Å²) in [5.74, 6) is -0.00424. The van der Waals surface area contributed by atoms with Crippen molar-refractivity contribution in [2.45, 2.75) is 37.8 Å². The first-order valence-electron chi connectivity index (χ1n) is 6.81. The van der Waals surface area contributed by atoms with Crippen molar-refractivity contribution in [1.29, 1.82) is 0 Å². The van der Waals surface area contributed by atoms with Gasteiger partial charge in [0.1, 0.15) is 0 Å². The summed E-state index contributed by atoms with van der Waals surface area (Å²) in [6, 6.07) is 7.72. The van der Waals surface area contributed by atoms with Gasteiger partial charge in [-0.05, 0) is 51.2 Å². The number of rotatable bonds is 3. The average molecular weight is 281 g/mol. The van der Waals surface area contributed by atoms with Gasteiger partial charge < -0.3 is 10.2 Å². The molecule has 2 atom stereocenters. The largest absolute Gasteiger partial charge is 0.348 e. The molecule has 1 aliphatic carbocycles. The molecule has 4 heteroatoms. The Bertz CT molecular complexity index is 430. The SMILES string of the molecule is CN(C)[C@@H]1CCCC[C@@H]1NC(=O)c1ccc(Cl)cc1. The molecule has 0 aliphatic heterocycles. The molecule has 1 amide bonds. The predicted octanol–water partition coefficient (Wildman–Crippen LogP) is 2.94. The molecule has 0 spiro atoms. The molecule has 3 nitrogen and oxygen atoms in total. The van der Waals surface area contributed by atoms with Crippen LogP contribution in [0.2, 0.25) is 5.02 Å². The van der Waals surface area contributed by atoms with Crippen LogP contribution < -0.4 is 5.32 Å². The normalized spacial score (nSPS) is 23.4. The van der Waals surface area contributed by atoms with Crippen molar-refractivity contribution < 1.29 is 4.79 Å². The van der Waals surface area contributed by atoms with Crippen molar-refractivity contribution in [2.75, 3.05) is 14.1 Å². The smallest absolute Gasteiger partial charge is 0.251 e. The number of benzene rings is 1. The van der Waals surface area contributed by atoms with Crippen LogP contribution in [-0.4, -0.2) is 37.0 Å². The first-order valence-corrected chi connectivity index (χ1v) is 7.18. The monoisotopic (exact) mass is 280 g/mol. The molecule has 1 saturated carbocycles. The van der Waals surface area contributed by atoms with Gasteiger partial charge >= 0.3 is 0 Å². The summed E-state index contributed by atoms with van der Waals surface area (Å²) in [7, 11) is 4.16. The Morgan fingerprint density at radius 2 is 1.84 bits per heavy atom. The Labute approximate surface area is 119 Å². The zero-order valence-corrected chi connectivity index (χ0v) is 12.3. The molecule has 1 fully saturated rings. The van der Waals surface area contributed by atoms with E-state index >= 15 is 0 Å². The number of likely N-dealkylation sites (N-methyl/N-ethyl adjacent to an activating group) is 1. The van der Waals surface area contributed by atoms with Crippen LogP contribution in [0.4, 0.5) is 0 Å². The predicted molar refractivity (Wildman–Crippen MR) is 78.6 cm³/mol. The van der Waals surface area contributed by atoms with Crippen LogP contribution in [0, 0.1) is 0 Å². The highest BCUT2D eigenvalue weighted by Gasteiger charge is 2.28. The number of hydrogen-bond acceptors (Lipinski definition) is 2. The highest BCUT2D eigenvalue weighted by atomic mass is 35.5. The highest BCUT2D eigenvalue weighted by Crippen LogP contribution is 2.22. The van der Waals surface area contributed by atoms with Crippen molar-refractivity contribution in [1.82, 2.24) is 10.2 Å². The van der Waals surface area contributed by atoms with Gasteiger partial charge in [-0.25, -0.2) is 0 Å². The molecular formula is C15H21ClN2O. The van der Waals surface area contributed by atoms with Gasteiger partial charge in [0.25, 0.3) is 5.91 Å². The molecule has 0 aromatic heterocycles. The molecule has 0 unspecified atom stereocenters. The first-order chi connectivity index (χ1) is 9.08. The van der Waals surface area contributed by atoms with E-state index in [4.69, 9.17) is 11.6 Å². The molecular weight excluding hydrogens is 260 g/mol. The van der Waals surface area contributed by atoms with E-state index in [-0.39, 0.29) is 11.9 Å². The molecule has 19 heavy (non-hydrogen) atoms. The minimum Gasteiger partial charge on any atom is -0.348 e. The average Bonchev–Trinajstić information content (AvgIpc) is 2.39. The maximum absolute atomic E-state index is 12.2. The van der Waals surface area contributed by atoms with Crippen LogP contribution in [0.1, 0.15) is 36.0 Å². The topological polar surface area (TPSA) is 32.3 Å². The van der Waals surface area contributed by atoms with E-state index in [1.165, 1.54) is 12.8 Å². The summed E-state index contributed by atoms with van der Waals surface area (Å²) in [6.45, 7) is 0. The van der Waals surface area contributed by atoms with Gasteiger partial charge in [0.05, 0.1) is 0 Å². The molecule has 0 heterocycles. The number of carbonyl (C=O) groups excluding carboxylic acids is 1. The molecule has 0 saturated heterocycles. The number of halogens is 1. The summed E-state index contributed by atoms with van der Waals surface area (Å²) in [6.07, 6.45) is 4.65. The molecule has 1 aliphatic rings. The van der Waals surface area contributed by atoms with E-state index in [0.717, 1.165) is 12.8 Å². The zero-order chi connectivity index (χ0) is 13.8. The lowest BCUT2D eigenvalue weighted by Crippen LogP contribution is -2.51. The van der Waals surface area contributed by atoms with Gasteiger partial charge in [-0.15, -0.1) is 0 Å². The van der Waals surface area contributed by atoms with Gasteiger partial charge in [-0.3, -0.25) is 4.79 Å². The Morgan fingerprint density at radius 1 is 1.21 bits per heavy atom. The second kappa shape index (κ2) is 6.40. The first kappa shape index (κ1) is 14.4. The lowest BCUT2D eigenvalue weighted by atomic mass is 9.89. The summed E-state index contributed by atoms with van der Waals surface area (Å²) >= 11 is 5.83. The third-order valence-corrected chi connectivity index (χ3v) is 4.07. The van der Waals surface area contributed by atoms with E-state index in [1.807, 2.05) is 0 Å². The van der Waals surface area contributed by atoms with Crippen LogP contribution in [0.25, 0.3) is 0 Å². The van der Waals surface area contributed by atoms with Crippen LogP contribution in [0.5, 0.6) is 0 Å². The second-order valence-electron chi connectivity index (χ2n) is 5.40. The lowest BCUT2D eigenvalue weighted by Gasteiger charge is -2.36. The van der Waals surface area contributed by atoms with Gasteiger partial charge in [0.2, 0.25) is 0 Å². The number of carbonyl (C=O) groups is 1. The summed E-state index contributed by atoms with van der Waals surface area (Å²) in [4.78, 5) is 14.4. The third kappa shape index (κ3) is 3.71. The zero-order valence-electron chi connectivity index (χ0n) is 11.5. The van der Waals surface area contributed by atoms with E-state index < -0.39 is 0 Å². The van der Waals surface area contributed by atoms with Crippen molar-refractivity contribution >= 4 is 17.5 Å². The minimum atomic E-state index is -0.00424. The van der Waals surface area contributed by atoms with Gasteiger partial charge in [-0.2, -0.15) is 0 Å². The minimum absolute atomic E-state index is 0.00424. The molecule has 1 N–H and O–H groups in total. The van der Waals surface area contributed by atoms with Crippen LogP contribution in [0.3, 0.4) is 0 Å². The third-order valence-electron chi connectivity index (χ3n) is 3.82. The number of nitrogens with one attached hydrogen (secondary N) is 1. The number of amides is 1. The molecule has 104 valence electrons. The van der Waals surface area contributed by atoms with Gasteiger partial charge in [-0.1, -0.05) is 24.4 Å². The maximum atomic E-state index is 12.2. The fraction of sp³-hybridized carbons (Fsp3) is 0.533. The van der Waals surface area contributed by atoms with E-state index in [1.54, 1.807) is 24.3 Å². The van der Waals surface area contributed by atoms with Crippen molar-refractivity contribution in [3.8, 4) is 0 Å². The number of hydrogen-bond donors (Lipinski definition) is 1. The highest BCUT2D eigenvalue weighted by molar-refractivity contribution is 6.30. The molecule has 0 bridgehead atoms. The Kier molecular flexibility index (Phi) is 4.83. The fourth-order valence-corrected chi connectivity index (χ4v) is 2.88. The second-order valence-corrected chi connectivity index (χ2v) is 5.84. The Morgan fingerprint density at radius 3 is 2.47 bits per heavy atom. The summed E-state index contributed by atoms with van der Waals surface area (Å²) in [5.41, 5.74) is 0.674. The van der Waals surface area contributed by atoms with Crippen molar-refractivity contribution in [3.05, 3.63) is 34.9 Å². The van der Waals surface area contributed by atoms with Crippen LogP contribution >= 0.6 is 11.6 Å². The molecule has 0 radical (unpaired) electrons. The quantitative estimate of drug-likeness (QED) is 0.923. The molecule has 1 aromatic rings. The Hall–Kier alpha value is -1.06. The van der Waals surface area contributed by atoms with Crippen molar-refractivity contribution in [3.63, 3.8) is 0 Å². The van der Waals surface area contributed by atoms with Crippen molar-refractivity contribution in [2.24, 2.45) is 0 Å². The lowest BCUT2D eigenvalue weighted by molar-refractivity contribution is 0.0883. The summed E-state index contributed by atoms with van der Waals surface area (Å²) < 4.78 is 0. The summed E-state index contributed by atoms with van der Waals surface area (Å²) in [5, 5.41) is 3.82. The van der Waals surface area contributed by atoms with E-state index in [9.17, 15) is 4.79 Å². The fourth-order valence-electron chi connectivity index (χ4n) is 2.75. The Balaban J connectivity index is 2.02. The maximum Gasteiger partial charge on any atom is 0.251 e.